The molecule has 0 bridgehead atoms. The van der Waals surface area contributed by atoms with E-state index in [4.69, 9.17) is 27.3 Å². The predicted octanol–water partition coefficient (Wildman–Crippen LogP) is 2.32. The van der Waals surface area contributed by atoms with Gasteiger partial charge in [0.15, 0.2) is 5.84 Å². The van der Waals surface area contributed by atoms with Crippen LogP contribution < -0.4 is 16.0 Å². The molecule has 0 atom stereocenters. The minimum Gasteiger partial charge on any atom is -0.444 e. The van der Waals surface area contributed by atoms with Gasteiger partial charge in [-0.25, -0.2) is 9.78 Å². The van der Waals surface area contributed by atoms with Crippen LogP contribution in [0.2, 0.25) is 5.15 Å². The average Bonchev–Trinajstić information content (AvgIpc) is 2.52. The third kappa shape index (κ3) is 5.67. The van der Waals surface area contributed by atoms with Crippen molar-refractivity contribution in [2.45, 2.75) is 45.3 Å². The Hall–Kier alpha value is -2.22. The Morgan fingerprint density at radius 1 is 1.44 bits per heavy atom. The zero-order valence-corrected chi connectivity index (χ0v) is 15.4. The number of anilines is 1. The summed E-state index contributed by atoms with van der Waals surface area (Å²) in [7, 11) is 0. The normalized spacial score (nSPS) is 16.6. The van der Waals surface area contributed by atoms with Gasteiger partial charge >= 0.3 is 6.09 Å². The Balaban J connectivity index is 1.96. The summed E-state index contributed by atoms with van der Waals surface area (Å²) in [6.07, 6.45) is 1.11. The summed E-state index contributed by atoms with van der Waals surface area (Å²) in [6.45, 7) is 6.89. The van der Waals surface area contributed by atoms with Crippen molar-refractivity contribution in [3.63, 3.8) is 0 Å². The van der Waals surface area contributed by atoms with Gasteiger partial charge in [0.05, 0.1) is 0 Å². The molecule has 1 aromatic heterocycles. The minimum atomic E-state index is -0.514. The van der Waals surface area contributed by atoms with Gasteiger partial charge in [0, 0.05) is 24.7 Å². The van der Waals surface area contributed by atoms with E-state index in [-0.39, 0.29) is 17.0 Å². The molecule has 4 N–H and O–H groups in total. The number of ether oxygens (including phenoxy) is 1. The number of halogens is 1. The van der Waals surface area contributed by atoms with Crippen molar-refractivity contribution in [3.05, 3.63) is 22.8 Å². The van der Waals surface area contributed by atoms with Gasteiger partial charge in [-0.1, -0.05) is 16.8 Å². The maximum atomic E-state index is 11.8. The van der Waals surface area contributed by atoms with Gasteiger partial charge in [0.2, 0.25) is 0 Å². The lowest BCUT2D eigenvalue weighted by atomic mass is 10.1. The highest BCUT2D eigenvalue weighted by Gasteiger charge is 2.24. The van der Waals surface area contributed by atoms with Crippen LogP contribution in [0.1, 0.15) is 39.2 Å². The van der Waals surface area contributed by atoms with Gasteiger partial charge in [-0.2, -0.15) is 0 Å². The third-order valence-electron chi connectivity index (χ3n) is 3.72. The molecule has 1 amide bonds. The molecule has 2 heterocycles. The largest absolute Gasteiger partial charge is 0.444 e. The van der Waals surface area contributed by atoms with Gasteiger partial charge in [0.1, 0.15) is 16.6 Å². The number of amidine groups is 1. The Bertz CT molecular complexity index is 652. The number of nitrogens with zero attached hydrogens (tertiary/aromatic N) is 3. The lowest BCUT2D eigenvalue weighted by Crippen LogP contribution is -2.46. The topological polar surface area (TPSA) is 113 Å². The fraction of sp³-hybridized carbons (Fsp3) is 0.562. The fourth-order valence-electron chi connectivity index (χ4n) is 2.58. The number of carbonyl (C=O) groups excluding carboxylic acids is 1. The van der Waals surface area contributed by atoms with Crippen molar-refractivity contribution >= 4 is 29.3 Å². The van der Waals surface area contributed by atoms with E-state index < -0.39 is 11.7 Å². The Morgan fingerprint density at radius 2 is 2.08 bits per heavy atom. The minimum absolute atomic E-state index is 0.0213. The van der Waals surface area contributed by atoms with E-state index in [2.05, 4.69) is 15.5 Å². The molecule has 0 unspecified atom stereocenters. The Labute approximate surface area is 152 Å². The van der Waals surface area contributed by atoms with Crippen LogP contribution in [0.4, 0.5) is 10.6 Å². The van der Waals surface area contributed by atoms with E-state index in [1.54, 1.807) is 6.07 Å². The highest BCUT2D eigenvalue weighted by Crippen LogP contribution is 2.22. The first kappa shape index (κ1) is 19.1. The van der Waals surface area contributed by atoms with Crippen molar-refractivity contribution in [2.24, 2.45) is 10.9 Å². The third-order valence-corrected chi connectivity index (χ3v) is 3.92. The van der Waals surface area contributed by atoms with Crippen LogP contribution in [0.15, 0.2) is 17.3 Å². The number of hydrogen-bond acceptors (Lipinski definition) is 6. The van der Waals surface area contributed by atoms with Gasteiger partial charge in [-0.15, -0.1) is 0 Å². The smallest absolute Gasteiger partial charge is 0.407 e. The molecule has 138 valence electrons. The molecule has 9 heteroatoms. The zero-order valence-electron chi connectivity index (χ0n) is 14.6. The first-order valence-corrected chi connectivity index (χ1v) is 8.45. The number of pyridine rings is 1. The standard InChI is InChI=1S/C16H24ClN5O3/c1-16(2,3)25-15(23)19-11-4-6-22(7-5-11)13-9-10(14(18)21-24)8-12(17)20-13/h8-9,11,24H,4-7H2,1-3H3,(H2,18,21)(H,19,23). The summed E-state index contributed by atoms with van der Waals surface area (Å²) in [5, 5.41) is 15.0. The second kappa shape index (κ2) is 7.77. The average molecular weight is 370 g/mol. The van der Waals surface area contributed by atoms with Crippen LogP contribution in [0.3, 0.4) is 0 Å². The van der Waals surface area contributed by atoms with Gasteiger partial charge in [0.25, 0.3) is 0 Å². The van der Waals surface area contributed by atoms with Crippen LogP contribution in [0, 0.1) is 0 Å². The molecule has 0 saturated carbocycles. The van der Waals surface area contributed by atoms with Crippen LogP contribution in [-0.2, 0) is 4.74 Å². The number of hydrogen-bond donors (Lipinski definition) is 3. The molecule has 1 fully saturated rings. The van der Waals surface area contributed by atoms with Crippen molar-refractivity contribution < 1.29 is 14.7 Å². The fourth-order valence-corrected chi connectivity index (χ4v) is 2.78. The molecule has 25 heavy (non-hydrogen) atoms. The van der Waals surface area contributed by atoms with Crippen molar-refractivity contribution in [1.82, 2.24) is 10.3 Å². The van der Waals surface area contributed by atoms with E-state index >= 15 is 0 Å². The van der Waals surface area contributed by atoms with E-state index in [1.807, 2.05) is 25.7 Å². The maximum absolute atomic E-state index is 11.8. The molecule has 1 aliphatic rings. The Morgan fingerprint density at radius 3 is 2.64 bits per heavy atom. The monoisotopic (exact) mass is 369 g/mol. The Kier molecular flexibility index (Phi) is 5.94. The van der Waals surface area contributed by atoms with Crippen molar-refractivity contribution in [2.75, 3.05) is 18.0 Å². The highest BCUT2D eigenvalue weighted by molar-refractivity contribution is 6.30. The quantitative estimate of drug-likeness (QED) is 0.248. The number of piperidine rings is 1. The number of amides is 1. The summed E-state index contributed by atoms with van der Waals surface area (Å²) in [5.41, 5.74) is 5.61. The first-order chi connectivity index (χ1) is 11.7. The molecule has 0 aromatic carbocycles. The summed E-state index contributed by atoms with van der Waals surface area (Å²) >= 11 is 6.03. The van der Waals surface area contributed by atoms with Crippen LogP contribution in [0.5, 0.6) is 0 Å². The second-order valence-electron chi connectivity index (χ2n) is 6.93. The molecule has 0 radical (unpaired) electrons. The molecule has 2 rings (SSSR count). The number of rotatable bonds is 3. The number of alkyl carbamates (subject to hydrolysis) is 1. The van der Waals surface area contributed by atoms with E-state index in [9.17, 15) is 4.79 Å². The summed E-state index contributed by atoms with van der Waals surface area (Å²) < 4.78 is 5.28. The van der Waals surface area contributed by atoms with E-state index in [1.165, 1.54) is 6.07 Å². The van der Waals surface area contributed by atoms with Crippen LogP contribution >= 0.6 is 11.6 Å². The lowest BCUT2D eigenvalue weighted by Gasteiger charge is -2.33. The molecular formula is C16H24ClN5O3. The highest BCUT2D eigenvalue weighted by atomic mass is 35.5. The molecule has 8 nitrogen and oxygen atoms in total. The summed E-state index contributed by atoms with van der Waals surface area (Å²) in [6, 6.07) is 3.31. The molecule has 1 aromatic rings. The molecule has 1 aliphatic heterocycles. The predicted molar refractivity (Wildman–Crippen MR) is 96.4 cm³/mol. The van der Waals surface area contributed by atoms with Crippen LogP contribution in [-0.4, -0.2) is 46.9 Å². The van der Waals surface area contributed by atoms with Crippen LogP contribution in [0.25, 0.3) is 0 Å². The number of oxime groups is 1. The molecule has 1 saturated heterocycles. The number of nitrogens with one attached hydrogen (secondary N) is 1. The van der Waals surface area contributed by atoms with E-state index in [0.717, 1.165) is 12.8 Å². The maximum Gasteiger partial charge on any atom is 0.407 e. The number of carbonyl (C=O) groups is 1. The SMILES string of the molecule is CC(C)(C)OC(=O)NC1CCN(c2cc(/C(N)=N\O)cc(Cl)n2)CC1. The number of nitrogens with two attached hydrogens (primary N) is 1. The second-order valence-corrected chi connectivity index (χ2v) is 7.32. The van der Waals surface area contributed by atoms with Gasteiger partial charge < -0.3 is 25.9 Å². The van der Waals surface area contributed by atoms with E-state index in [0.29, 0.717) is 24.5 Å². The molecule has 0 spiro atoms. The van der Waals surface area contributed by atoms with Crippen molar-refractivity contribution in [3.8, 4) is 0 Å². The lowest BCUT2D eigenvalue weighted by molar-refractivity contribution is 0.0497. The van der Waals surface area contributed by atoms with Gasteiger partial charge in [-0.05, 0) is 45.7 Å². The summed E-state index contributed by atoms with van der Waals surface area (Å²) in [4.78, 5) is 18.2. The van der Waals surface area contributed by atoms with Gasteiger partial charge in [-0.3, -0.25) is 0 Å². The number of aromatic nitrogens is 1. The van der Waals surface area contributed by atoms with Crippen molar-refractivity contribution in [1.29, 1.82) is 0 Å². The molecule has 0 aliphatic carbocycles. The summed E-state index contributed by atoms with van der Waals surface area (Å²) in [5.74, 6) is 0.636. The molecular weight excluding hydrogens is 346 g/mol. The first-order valence-electron chi connectivity index (χ1n) is 8.08. The zero-order chi connectivity index (χ0) is 18.6.